The maximum Gasteiger partial charge on any atom is 0.0593 e. The Morgan fingerprint density at radius 3 is 3.15 bits per heavy atom. The summed E-state index contributed by atoms with van der Waals surface area (Å²) in [6.45, 7) is 10.8. The molecule has 1 N–H and O–H groups in total. The summed E-state index contributed by atoms with van der Waals surface area (Å²) in [6.07, 6.45) is 3.06. The van der Waals surface area contributed by atoms with Crippen LogP contribution in [0.25, 0.3) is 0 Å². The molecule has 3 heteroatoms. The molecule has 1 rings (SSSR count). The lowest BCUT2D eigenvalue weighted by Gasteiger charge is -2.18. The van der Waals surface area contributed by atoms with Crippen LogP contribution >= 0.6 is 0 Å². The zero-order valence-corrected chi connectivity index (χ0v) is 8.30. The van der Waals surface area contributed by atoms with Gasteiger partial charge in [0.25, 0.3) is 0 Å². The maximum absolute atomic E-state index is 5.37. The van der Waals surface area contributed by atoms with Crippen molar-refractivity contribution in [1.82, 2.24) is 10.2 Å². The highest BCUT2D eigenvalue weighted by molar-refractivity contribution is 4.70. The van der Waals surface area contributed by atoms with Crippen LogP contribution in [0.1, 0.15) is 6.42 Å². The smallest absolute Gasteiger partial charge is 0.0593 e. The first-order valence-electron chi connectivity index (χ1n) is 5.05. The van der Waals surface area contributed by atoms with E-state index in [4.69, 9.17) is 4.74 Å². The number of rotatable bonds is 5. The van der Waals surface area contributed by atoms with Crippen LogP contribution in [0.4, 0.5) is 0 Å². The molecule has 13 heavy (non-hydrogen) atoms. The van der Waals surface area contributed by atoms with Gasteiger partial charge in [0.05, 0.1) is 6.61 Å². The van der Waals surface area contributed by atoms with Crippen molar-refractivity contribution in [3.8, 4) is 0 Å². The van der Waals surface area contributed by atoms with E-state index >= 15 is 0 Å². The molecule has 0 atom stereocenters. The second-order valence-electron chi connectivity index (χ2n) is 3.30. The Kier molecular flexibility index (Phi) is 5.81. The van der Waals surface area contributed by atoms with Gasteiger partial charge in [0.15, 0.2) is 0 Å². The minimum Gasteiger partial charge on any atom is -0.380 e. The van der Waals surface area contributed by atoms with Gasteiger partial charge in [-0.15, -0.1) is 6.58 Å². The van der Waals surface area contributed by atoms with Crippen molar-refractivity contribution in [2.75, 3.05) is 45.9 Å². The van der Waals surface area contributed by atoms with E-state index in [0.717, 1.165) is 39.4 Å². The first-order chi connectivity index (χ1) is 6.43. The molecule has 0 bridgehead atoms. The standard InChI is InChI=1S/C10H20N2O/c1-2-4-11-5-7-12-6-3-9-13-10-8-12/h2,11H,1,3-10H2. The van der Waals surface area contributed by atoms with E-state index in [0.29, 0.717) is 0 Å². The average molecular weight is 184 g/mol. The van der Waals surface area contributed by atoms with Gasteiger partial charge < -0.3 is 10.1 Å². The Morgan fingerprint density at radius 2 is 2.31 bits per heavy atom. The Labute approximate surface area is 80.8 Å². The SMILES string of the molecule is C=CCNCCN1CCCOCC1. The molecular formula is C10H20N2O. The van der Waals surface area contributed by atoms with Gasteiger partial charge in [-0.05, 0) is 6.42 Å². The van der Waals surface area contributed by atoms with Crippen molar-refractivity contribution < 1.29 is 4.74 Å². The summed E-state index contributed by atoms with van der Waals surface area (Å²) in [5.74, 6) is 0. The first-order valence-corrected chi connectivity index (χ1v) is 5.05. The Morgan fingerprint density at radius 1 is 1.38 bits per heavy atom. The van der Waals surface area contributed by atoms with E-state index in [-0.39, 0.29) is 0 Å². The lowest BCUT2D eigenvalue weighted by atomic mass is 10.4. The number of nitrogens with zero attached hydrogens (tertiary/aromatic N) is 1. The Balaban J connectivity index is 2.01. The first kappa shape index (κ1) is 10.7. The van der Waals surface area contributed by atoms with Crippen molar-refractivity contribution in [3.63, 3.8) is 0 Å². The Bertz CT molecular complexity index is 131. The molecule has 0 aromatic carbocycles. The molecule has 0 aliphatic carbocycles. The molecule has 1 heterocycles. The van der Waals surface area contributed by atoms with Crippen LogP contribution in [0, 0.1) is 0 Å². The fraction of sp³-hybridized carbons (Fsp3) is 0.800. The molecule has 1 fully saturated rings. The minimum absolute atomic E-state index is 0.890. The molecule has 3 nitrogen and oxygen atoms in total. The maximum atomic E-state index is 5.37. The monoisotopic (exact) mass is 184 g/mol. The van der Waals surface area contributed by atoms with Crippen molar-refractivity contribution in [3.05, 3.63) is 12.7 Å². The second-order valence-corrected chi connectivity index (χ2v) is 3.30. The van der Waals surface area contributed by atoms with Gasteiger partial charge in [-0.3, -0.25) is 4.90 Å². The van der Waals surface area contributed by atoms with Gasteiger partial charge in [-0.25, -0.2) is 0 Å². The summed E-state index contributed by atoms with van der Waals surface area (Å²) >= 11 is 0. The van der Waals surface area contributed by atoms with Gasteiger partial charge in [-0.1, -0.05) is 6.08 Å². The summed E-state index contributed by atoms with van der Waals surface area (Å²) < 4.78 is 5.37. The lowest BCUT2D eigenvalue weighted by molar-refractivity contribution is 0.141. The molecule has 0 unspecified atom stereocenters. The van der Waals surface area contributed by atoms with Crippen LogP contribution in [0.2, 0.25) is 0 Å². The molecule has 0 saturated carbocycles. The minimum atomic E-state index is 0.890. The van der Waals surface area contributed by atoms with Crippen molar-refractivity contribution in [2.45, 2.75) is 6.42 Å². The molecule has 1 aliphatic rings. The van der Waals surface area contributed by atoms with Gasteiger partial charge >= 0.3 is 0 Å². The van der Waals surface area contributed by atoms with Gasteiger partial charge in [0.1, 0.15) is 0 Å². The van der Waals surface area contributed by atoms with Crippen LogP contribution in [0.15, 0.2) is 12.7 Å². The van der Waals surface area contributed by atoms with Crippen molar-refractivity contribution in [1.29, 1.82) is 0 Å². The zero-order valence-electron chi connectivity index (χ0n) is 8.30. The normalized spacial score (nSPS) is 19.7. The number of hydrogen-bond donors (Lipinski definition) is 1. The third kappa shape index (κ3) is 5.03. The number of hydrogen-bond acceptors (Lipinski definition) is 3. The highest BCUT2D eigenvalue weighted by Crippen LogP contribution is 1.97. The molecule has 0 amide bonds. The largest absolute Gasteiger partial charge is 0.380 e. The number of ether oxygens (including phenoxy) is 1. The Hall–Kier alpha value is -0.380. The third-order valence-corrected chi connectivity index (χ3v) is 2.21. The molecule has 76 valence electrons. The second kappa shape index (κ2) is 7.06. The van der Waals surface area contributed by atoms with Crippen LogP contribution < -0.4 is 5.32 Å². The molecule has 1 aliphatic heterocycles. The third-order valence-electron chi connectivity index (χ3n) is 2.21. The molecule has 0 spiro atoms. The van der Waals surface area contributed by atoms with Crippen molar-refractivity contribution in [2.24, 2.45) is 0 Å². The quantitative estimate of drug-likeness (QED) is 0.497. The topological polar surface area (TPSA) is 24.5 Å². The summed E-state index contributed by atoms with van der Waals surface area (Å²) in [7, 11) is 0. The average Bonchev–Trinajstić information content (AvgIpc) is 2.41. The van der Waals surface area contributed by atoms with E-state index in [9.17, 15) is 0 Å². The van der Waals surface area contributed by atoms with Crippen LogP contribution in [0.3, 0.4) is 0 Å². The van der Waals surface area contributed by atoms with Crippen molar-refractivity contribution >= 4 is 0 Å². The fourth-order valence-electron chi connectivity index (χ4n) is 1.46. The molecule has 0 aromatic rings. The summed E-state index contributed by atoms with van der Waals surface area (Å²) in [5.41, 5.74) is 0. The number of nitrogens with one attached hydrogen (secondary N) is 1. The van der Waals surface area contributed by atoms with E-state index in [1.807, 2.05) is 6.08 Å². The van der Waals surface area contributed by atoms with E-state index in [2.05, 4.69) is 16.8 Å². The molecule has 0 radical (unpaired) electrons. The fourth-order valence-corrected chi connectivity index (χ4v) is 1.46. The van der Waals surface area contributed by atoms with Gasteiger partial charge in [0.2, 0.25) is 0 Å². The lowest BCUT2D eigenvalue weighted by Crippen LogP contribution is -2.33. The van der Waals surface area contributed by atoms with E-state index < -0.39 is 0 Å². The zero-order chi connectivity index (χ0) is 9.36. The van der Waals surface area contributed by atoms with Gasteiger partial charge in [-0.2, -0.15) is 0 Å². The summed E-state index contributed by atoms with van der Waals surface area (Å²) in [5, 5.41) is 3.30. The molecular weight excluding hydrogens is 164 g/mol. The highest BCUT2D eigenvalue weighted by Gasteiger charge is 2.07. The summed E-state index contributed by atoms with van der Waals surface area (Å²) in [6, 6.07) is 0. The summed E-state index contributed by atoms with van der Waals surface area (Å²) in [4.78, 5) is 2.45. The van der Waals surface area contributed by atoms with Gasteiger partial charge in [0, 0.05) is 39.3 Å². The molecule has 0 aromatic heterocycles. The molecule has 1 saturated heterocycles. The van der Waals surface area contributed by atoms with Crippen LogP contribution in [-0.4, -0.2) is 50.8 Å². The predicted octanol–water partition coefficient (Wildman–Crippen LogP) is 0.484. The van der Waals surface area contributed by atoms with E-state index in [1.54, 1.807) is 0 Å². The predicted molar refractivity (Wildman–Crippen MR) is 54.9 cm³/mol. The van der Waals surface area contributed by atoms with E-state index in [1.165, 1.54) is 13.0 Å². The van der Waals surface area contributed by atoms with Crippen LogP contribution in [-0.2, 0) is 4.74 Å². The van der Waals surface area contributed by atoms with Crippen LogP contribution in [0.5, 0.6) is 0 Å². The highest BCUT2D eigenvalue weighted by atomic mass is 16.5.